The van der Waals surface area contributed by atoms with Crippen LogP contribution in [0.1, 0.15) is 38.0 Å². The maximum absolute atomic E-state index is 11.0. The van der Waals surface area contributed by atoms with Crippen LogP contribution in [0.2, 0.25) is 0 Å². The number of hydrogen-bond acceptors (Lipinski definition) is 3. The molecule has 0 radical (unpaired) electrons. The highest BCUT2D eigenvalue weighted by molar-refractivity contribution is 5.82. The predicted molar refractivity (Wildman–Crippen MR) is 88.0 cm³/mol. The number of fused-ring (bicyclic) bond motifs is 1. The standard InChI is InChI=1S/C18H25NO3/c1-4-5-9-17-15(12-19(3)11-13(2)18(20)21)14-8-6-7-10-16(14)22-17/h6-8,10,13H,4-5,9,11-12H2,1-3H3,(H,20,21). The predicted octanol–water partition coefficient (Wildman–Crippen LogP) is 3.93. The summed E-state index contributed by atoms with van der Waals surface area (Å²) in [5, 5.41) is 10.2. The number of nitrogens with zero attached hydrogens (tertiary/aromatic N) is 1. The number of carbonyl (C=O) groups is 1. The Balaban J connectivity index is 2.22. The number of aliphatic carboxylic acids is 1. The van der Waals surface area contributed by atoms with Crippen LogP contribution >= 0.6 is 0 Å². The molecule has 4 heteroatoms. The maximum atomic E-state index is 11.0. The van der Waals surface area contributed by atoms with Crippen LogP contribution in [0.15, 0.2) is 28.7 Å². The van der Waals surface area contributed by atoms with Crippen LogP contribution in [0, 0.1) is 5.92 Å². The first kappa shape index (κ1) is 16.6. The van der Waals surface area contributed by atoms with Gasteiger partial charge in [0, 0.05) is 30.5 Å². The number of benzene rings is 1. The molecule has 2 aromatic rings. The second-order valence-electron chi connectivity index (χ2n) is 6.04. The number of aryl methyl sites for hydroxylation is 1. The summed E-state index contributed by atoms with van der Waals surface area (Å²) in [6.45, 7) is 5.16. The van der Waals surface area contributed by atoms with E-state index in [1.807, 2.05) is 25.2 Å². The van der Waals surface area contributed by atoms with Gasteiger partial charge in [-0.2, -0.15) is 0 Å². The molecule has 0 aliphatic heterocycles. The zero-order valence-corrected chi connectivity index (χ0v) is 13.6. The fraction of sp³-hybridized carbons (Fsp3) is 0.500. The Morgan fingerprint density at radius 2 is 2.09 bits per heavy atom. The quantitative estimate of drug-likeness (QED) is 0.803. The van der Waals surface area contributed by atoms with Gasteiger partial charge in [-0.3, -0.25) is 4.79 Å². The summed E-state index contributed by atoms with van der Waals surface area (Å²) in [7, 11) is 1.96. The van der Waals surface area contributed by atoms with E-state index in [-0.39, 0.29) is 5.92 Å². The van der Waals surface area contributed by atoms with Gasteiger partial charge in [0.1, 0.15) is 11.3 Å². The Labute approximate surface area is 131 Å². The van der Waals surface area contributed by atoms with Gasteiger partial charge in [0.2, 0.25) is 0 Å². The molecular formula is C18H25NO3. The van der Waals surface area contributed by atoms with Gasteiger partial charge in [0.25, 0.3) is 0 Å². The second kappa shape index (κ2) is 7.45. The zero-order chi connectivity index (χ0) is 16.1. The van der Waals surface area contributed by atoms with Crippen molar-refractivity contribution in [3.8, 4) is 0 Å². The van der Waals surface area contributed by atoms with Crippen molar-refractivity contribution in [1.82, 2.24) is 4.90 Å². The number of furan rings is 1. The maximum Gasteiger partial charge on any atom is 0.307 e. The van der Waals surface area contributed by atoms with Gasteiger partial charge < -0.3 is 14.4 Å². The van der Waals surface area contributed by atoms with Crippen molar-refractivity contribution in [2.75, 3.05) is 13.6 Å². The highest BCUT2D eigenvalue weighted by Gasteiger charge is 2.18. The fourth-order valence-electron chi connectivity index (χ4n) is 2.74. The Morgan fingerprint density at radius 1 is 1.36 bits per heavy atom. The summed E-state index contributed by atoms with van der Waals surface area (Å²) in [4.78, 5) is 13.1. The lowest BCUT2D eigenvalue weighted by Gasteiger charge is -2.19. The Bertz CT molecular complexity index is 632. The average molecular weight is 303 g/mol. The molecule has 0 aliphatic carbocycles. The molecule has 1 N–H and O–H groups in total. The summed E-state index contributed by atoms with van der Waals surface area (Å²) >= 11 is 0. The molecule has 120 valence electrons. The van der Waals surface area contributed by atoms with Crippen molar-refractivity contribution in [2.24, 2.45) is 5.92 Å². The largest absolute Gasteiger partial charge is 0.481 e. The number of unbranched alkanes of at least 4 members (excludes halogenated alkanes) is 1. The number of carboxylic acids is 1. The summed E-state index contributed by atoms with van der Waals surface area (Å²) in [6.07, 6.45) is 3.16. The van der Waals surface area contributed by atoms with Gasteiger partial charge in [-0.1, -0.05) is 38.5 Å². The molecule has 0 saturated heterocycles. The number of carboxylic acid groups (broad SMARTS) is 1. The molecule has 0 bridgehead atoms. The third kappa shape index (κ3) is 3.89. The highest BCUT2D eigenvalue weighted by atomic mass is 16.4. The van der Waals surface area contributed by atoms with E-state index < -0.39 is 5.97 Å². The van der Waals surface area contributed by atoms with E-state index in [2.05, 4.69) is 17.9 Å². The van der Waals surface area contributed by atoms with Crippen LogP contribution in [-0.2, 0) is 17.8 Å². The van der Waals surface area contributed by atoms with Gasteiger partial charge >= 0.3 is 5.97 Å². The molecule has 0 amide bonds. The van der Waals surface area contributed by atoms with Crippen LogP contribution in [0.3, 0.4) is 0 Å². The molecule has 1 unspecified atom stereocenters. The van der Waals surface area contributed by atoms with E-state index in [0.29, 0.717) is 13.1 Å². The Morgan fingerprint density at radius 3 is 2.77 bits per heavy atom. The van der Waals surface area contributed by atoms with Crippen molar-refractivity contribution in [1.29, 1.82) is 0 Å². The highest BCUT2D eigenvalue weighted by Crippen LogP contribution is 2.28. The van der Waals surface area contributed by atoms with Crippen LogP contribution in [0.5, 0.6) is 0 Å². The van der Waals surface area contributed by atoms with Crippen molar-refractivity contribution in [3.05, 3.63) is 35.6 Å². The fourth-order valence-corrected chi connectivity index (χ4v) is 2.74. The van der Waals surface area contributed by atoms with Crippen LogP contribution in [0.4, 0.5) is 0 Å². The first-order chi connectivity index (χ1) is 10.5. The van der Waals surface area contributed by atoms with Crippen LogP contribution in [-0.4, -0.2) is 29.6 Å². The van der Waals surface area contributed by atoms with Gasteiger partial charge in [-0.25, -0.2) is 0 Å². The molecule has 0 saturated carbocycles. The number of hydrogen-bond donors (Lipinski definition) is 1. The smallest absolute Gasteiger partial charge is 0.307 e. The minimum Gasteiger partial charge on any atom is -0.481 e. The number of rotatable bonds is 8. The topological polar surface area (TPSA) is 53.7 Å². The summed E-state index contributed by atoms with van der Waals surface area (Å²) in [5.74, 6) is -0.0877. The van der Waals surface area contributed by atoms with Crippen molar-refractivity contribution < 1.29 is 14.3 Å². The third-order valence-electron chi connectivity index (χ3n) is 3.97. The van der Waals surface area contributed by atoms with Crippen molar-refractivity contribution in [2.45, 2.75) is 39.7 Å². The first-order valence-corrected chi connectivity index (χ1v) is 7.93. The summed E-state index contributed by atoms with van der Waals surface area (Å²) < 4.78 is 6.01. The Hall–Kier alpha value is -1.81. The molecule has 4 nitrogen and oxygen atoms in total. The van der Waals surface area contributed by atoms with Crippen LogP contribution in [0.25, 0.3) is 11.0 Å². The molecule has 0 spiro atoms. The molecule has 2 rings (SSSR count). The molecule has 0 fully saturated rings. The van der Waals surface area contributed by atoms with E-state index in [9.17, 15) is 4.79 Å². The Kier molecular flexibility index (Phi) is 5.61. The van der Waals surface area contributed by atoms with E-state index >= 15 is 0 Å². The van der Waals surface area contributed by atoms with Gasteiger partial charge in [-0.05, 0) is 19.5 Å². The average Bonchev–Trinajstić information content (AvgIpc) is 2.83. The third-order valence-corrected chi connectivity index (χ3v) is 3.97. The van der Waals surface area contributed by atoms with Gasteiger partial charge in [0.05, 0.1) is 5.92 Å². The molecule has 1 aromatic carbocycles. The molecule has 1 aromatic heterocycles. The SMILES string of the molecule is CCCCc1oc2ccccc2c1CN(C)CC(C)C(=O)O. The van der Waals surface area contributed by atoms with E-state index in [1.165, 1.54) is 5.56 Å². The molecule has 1 heterocycles. The second-order valence-corrected chi connectivity index (χ2v) is 6.04. The van der Waals surface area contributed by atoms with Crippen molar-refractivity contribution in [3.63, 3.8) is 0 Å². The lowest BCUT2D eigenvalue weighted by atomic mass is 10.1. The van der Waals surface area contributed by atoms with E-state index in [4.69, 9.17) is 9.52 Å². The normalized spacial score (nSPS) is 12.9. The minimum absolute atomic E-state index is 0.373. The summed E-state index contributed by atoms with van der Waals surface area (Å²) in [5.41, 5.74) is 2.12. The zero-order valence-electron chi connectivity index (χ0n) is 13.6. The lowest BCUT2D eigenvalue weighted by molar-refractivity contribution is -0.141. The van der Waals surface area contributed by atoms with Gasteiger partial charge in [-0.15, -0.1) is 0 Å². The van der Waals surface area contributed by atoms with Crippen molar-refractivity contribution >= 4 is 16.9 Å². The number of para-hydroxylation sites is 1. The molecule has 1 atom stereocenters. The minimum atomic E-state index is -0.755. The molecular weight excluding hydrogens is 278 g/mol. The molecule has 0 aliphatic rings. The van der Waals surface area contributed by atoms with Crippen LogP contribution < -0.4 is 0 Å². The monoisotopic (exact) mass is 303 g/mol. The lowest BCUT2D eigenvalue weighted by Crippen LogP contribution is -2.28. The van der Waals surface area contributed by atoms with E-state index in [1.54, 1.807) is 6.92 Å². The van der Waals surface area contributed by atoms with Gasteiger partial charge in [0.15, 0.2) is 0 Å². The summed E-state index contributed by atoms with van der Waals surface area (Å²) in [6, 6.07) is 8.08. The first-order valence-electron chi connectivity index (χ1n) is 7.93. The van der Waals surface area contributed by atoms with E-state index in [0.717, 1.165) is 36.0 Å². The molecule has 22 heavy (non-hydrogen) atoms.